The first-order valence-electron chi connectivity index (χ1n) is 6.17. The molecule has 88 valence electrons. The maximum absolute atomic E-state index is 9.27. The van der Waals surface area contributed by atoms with E-state index in [0.717, 1.165) is 5.92 Å². The number of fused-ring (bicyclic) bond motifs is 2. The summed E-state index contributed by atoms with van der Waals surface area (Å²) in [6.45, 7) is 9.42. The average molecular weight is 212 g/mol. The molecule has 0 heterocycles. The van der Waals surface area contributed by atoms with Crippen LogP contribution < -0.4 is 0 Å². The molecule has 2 fully saturated rings. The summed E-state index contributed by atoms with van der Waals surface area (Å²) in [7, 11) is 0. The van der Waals surface area contributed by atoms with Gasteiger partial charge in [0.25, 0.3) is 0 Å². The van der Waals surface area contributed by atoms with Crippen molar-refractivity contribution in [2.24, 2.45) is 16.7 Å². The van der Waals surface area contributed by atoms with Crippen LogP contribution in [-0.4, -0.2) is 23.9 Å². The summed E-state index contributed by atoms with van der Waals surface area (Å²) in [5, 5.41) is 9.27. The Morgan fingerprint density at radius 1 is 1.40 bits per heavy atom. The van der Waals surface area contributed by atoms with Gasteiger partial charge in [-0.05, 0) is 42.9 Å². The van der Waals surface area contributed by atoms with Gasteiger partial charge in [-0.2, -0.15) is 0 Å². The van der Waals surface area contributed by atoms with Crippen molar-refractivity contribution >= 4 is 0 Å². The molecular weight excluding hydrogens is 188 g/mol. The monoisotopic (exact) mass is 212 g/mol. The lowest BCUT2D eigenvalue weighted by Gasteiger charge is -2.39. The molecule has 0 aromatic carbocycles. The second kappa shape index (κ2) is 3.46. The van der Waals surface area contributed by atoms with Gasteiger partial charge in [0.15, 0.2) is 0 Å². The molecular formula is C13H24O2. The number of ether oxygens (including phenoxy) is 1. The average Bonchev–Trinajstić information content (AvgIpc) is 2.46. The van der Waals surface area contributed by atoms with E-state index in [9.17, 15) is 5.11 Å². The second-order valence-electron chi connectivity index (χ2n) is 6.28. The Balaban J connectivity index is 2.06. The third kappa shape index (κ3) is 1.53. The third-order valence-corrected chi connectivity index (χ3v) is 5.25. The first kappa shape index (κ1) is 11.4. The SMILES string of the molecule is C[C@H](O)COC1CC2CCC1(C)C2(C)C. The highest BCUT2D eigenvalue weighted by Crippen LogP contribution is 2.66. The highest BCUT2D eigenvalue weighted by molar-refractivity contribution is 5.11. The molecule has 2 aliphatic carbocycles. The molecule has 2 nitrogen and oxygen atoms in total. The fraction of sp³-hybridized carbons (Fsp3) is 1.00. The van der Waals surface area contributed by atoms with Gasteiger partial charge >= 0.3 is 0 Å². The topological polar surface area (TPSA) is 29.5 Å². The van der Waals surface area contributed by atoms with Gasteiger partial charge in [0.1, 0.15) is 0 Å². The van der Waals surface area contributed by atoms with E-state index in [1.807, 2.05) is 0 Å². The summed E-state index contributed by atoms with van der Waals surface area (Å²) in [5.41, 5.74) is 0.739. The molecule has 1 N–H and O–H groups in total. The number of rotatable bonds is 3. The fourth-order valence-electron chi connectivity index (χ4n) is 3.64. The Morgan fingerprint density at radius 3 is 2.47 bits per heavy atom. The Hall–Kier alpha value is -0.0800. The normalized spacial score (nSPS) is 44.6. The lowest BCUT2D eigenvalue weighted by molar-refractivity contribution is -0.0714. The van der Waals surface area contributed by atoms with Crippen LogP contribution >= 0.6 is 0 Å². The number of hydrogen-bond acceptors (Lipinski definition) is 2. The smallest absolute Gasteiger partial charge is 0.0745 e. The zero-order valence-corrected chi connectivity index (χ0v) is 10.4. The van der Waals surface area contributed by atoms with Gasteiger partial charge in [0.2, 0.25) is 0 Å². The molecule has 0 spiro atoms. The van der Waals surface area contributed by atoms with Crippen molar-refractivity contribution in [3.63, 3.8) is 0 Å². The van der Waals surface area contributed by atoms with Crippen LogP contribution in [0.2, 0.25) is 0 Å². The molecule has 2 saturated carbocycles. The van der Waals surface area contributed by atoms with Crippen LogP contribution in [0.3, 0.4) is 0 Å². The minimum atomic E-state index is -0.337. The summed E-state index contributed by atoms with van der Waals surface area (Å²) in [6, 6.07) is 0. The highest BCUT2D eigenvalue weighted by atomic mass is 16.5. The molecule has 2 rings (SSSR count). The molecule has 3 unspecified atom stereocenters. The lowest BCUT2D eigenvalue weighted by Crippen LogP contribution is -2.38. The molecule has 0 saturated heterocycles. The van der Waals surface area contributed by atoms with Crippen LogP contribution in [0.4, 0.5) is 0 Å². The van der Waals surface area contributed by atoms with Gasteiger partial charge in [-0.1, -0.05) is 20.8 Å². The zero-order chi connectivity index (χ0) is 11.3. The van der Waals surface area contributed by atoms with E-state index in [1.165, 1.54) is 19.3 Å². The van der Waals surface area contributed by atoms with Gasteiger partial charge < -0.3 is 9.84 Å². The van der Waals surface area contributed by atoms with Crippen molar-refractivity contribution in [3.8, 4) is 0 Å². The number of aliphatic hydroxyl groups excluding tert-OH is 1. The van der Waals surface area contributed by atoms with Crippen molar-refractivity contribution in [2.45, 2.75) is 59.2 Å². The van der Waals surface area contributed by atoms with E-state index in [1.54, 1.807) is 6.92 Å². The van der Waals surface area contributed by atoms with Gasteiger partial charge in [-0.15, -0.1) is 0 Å². The Kier molecular flexibility index (Phi) is 2.63. The van der Waals surface area contributed by atoms with E-state index in [0.29, 0.717) is 23.5 Å². The summed E-state index contributed by atoms with van der Waals surface area (Å²) >= 11 is 0. The van der Waals surface area contributed by atoms with Crippen LogP contribution in [0.1, 0.15) is 47.0 Å². The predicted octanol–water partition coefficient (Wildman–Crippen LogP) is 2.60. The van der Waals surface area contributed by atoms with E-state index >= 15 is 0 Å². The third-order valence-electron chi connectivity index (χ3n) is 5.25. The van der Waals surface area contributed by atoms with Crippen LogP contribution in [0.5, 0.6) is 0 Å². The van der Waals surface area contributed by atoms with Crippen LogP contribution in [-0.2, 0) is 4.74 Å². The van der Waals surface area contributed by atoms with Crippen LogP contribution in [0.25, 0.3) is 0 Å². The molecule has 2 bridgehead atoms. The van der Waals surface area contributed by atoms with Crippen LogP contribution in [0, 0.1) is 16.7 Å². The Bertz CT molecular complexity index is 247. The van der Waals surface area contributed by atoms with Crippen molar-refractivity contribution in [1.82, 2.24) is 0 Å². The van der Waals surface area contributed by atoms with Crippen molar-refractivity contribution < 1.29 is 9.84 Å². The van der Waals surface area contributed by atoms with E-state index in [-0.39, 0.29) is 6.10 Å². The summed E-state index contributed by atoms with van der Waals surface area (Å²) < 4.78 is 5.89. The lowest BCUT2D eigenvalue weighted by atomic mass is 9.70. The molecule has 0 amide bonds. The van der Waals surface area contributed by atoms with Crippen LogP contribution in [0.15, 0.2) is 0 Å². The maximum Gasteiger partial charge on any atom is 0.0745 e. The van der Waals surface area contributed by atoms with E-state index in [2.05, 4.69) is 20.8 Å². The highest BCUT2D eigenvalue weighted by Gasteiger charge is 2.61. The maximum atomic E-state index is 9.27. The molecule has 0 aromatic heterocycles. The summed E-state index contributed by atoms with van der Waals surface area (Å²) in [6.07, 6.45) is 3.86. The Labute approximate surface area is 93.0 Å². The summed E-state index contributed by atoms with van der Waals surface area (Å²) in [4.78, 5) is 0. The zero-order valence-electron chi connectivity index (χ0n) is 10.4. The fourth-order valence-corrected chi connectivity index (χ4v) is 3.64. The van der Waals surface area contributed by atoms with Crippen molar-refractivity contribution in [1.29, 1.82) is 0 Å². The standard InChI is InChI=1S/C13H24O2/c1-9(14)8-15-11-7-10-5-6-13(11,4)12(10,2)3/h9-11,14H,5-8H2,1-4H3/t9-,10?,11?,13?/m0/s1. The van der Waals surface area contributed by atoms with E-state index < -0.39 is 0 Å². The van der Waals surface area contributed by atoms with Gasteiger partial charge in [0.05, 0.1) is 18.8 Å². The first-order chi connectivity index (χ1) is 6.88. The van der Waals surface area contributed by atoms with Gasteiger partial charge in [-0.3, -0.25) is 0 Å². The van der Waals surface area contributed by atoms with E-state index in [4.69, 9.17) is 4.74 Å². The van der Waals surface area contributed by atoms with Crippen molar-refractivity contribution in [3.05, 3.63) is 0 Å². The summed E-state index contributed by atoms with van der Waals surface area (Å²) in [5.74, 6) is 0.821. The van der Waals surface area contributed by atoms with Gasteiger partial charge in [0, 0.05) is 0 Å². The molecule has 0 aliphatic heterocycles. The van der Waals surface area contributed by atoms with Gasteiger partial charge in [-0.25, -0.2) is 0 Å². The molecule has 4 atom stereocenters. The molecule has 2 aliphatic rings. The molecule has 2 heteroatoms. The largest absolute Gasteiger partial charge is 0.391 e. The molecule has 0 radical (unpaired) electrons. The predicted molar refractivity (Wildman–Crippen MR) is 60.6 cm³/mol. The second-order valence-corrected chi connectivity index (χ2v) is 6.28. The minimum Gasteiger partial charge on any atom is -0.391 e. The van der Waals surface area contributed by atoms with Crippen molar-refractivity contribution in [2.75, 3.05) is 6.61 Å². The number of aliphatic hydroxyl groups is 1. The number of hydrogen-bond donors (Lipinski definition) is 1. The minimum absolute atomic E-state index is 0.326. The Morgan fingerprint density at radius 2 is 2.07 bits per heavy atom. The molecule has 0 aromatic rings. The first-order valence-corrected chi connectivity index (χ1v) is 6.17. The quantitative estimate of drug-likeness (QED) is 0.779. The molecule has 15 heavy (non-hydrogen) atoms.